The maximum Gasteiger partial charge on any atom is 0.128 e. The summed E-state index contributed by atoms with van der Waals surface area (Å²) in [6, 6.07) is 7.85. The van der Waals surface area contributed by atoms with Crippen LogP contribution in [0.4, 0.5) is 0 Å². The van der Waals surface area contributed by atoms with Crippen LogP contribution in [0.1, 0.15) is 12.5 Å². The molecule has 3 nitrogen and oxygen atoms in total. The Bertz CT molecular complexity index is 575. The maximum atomic E-state index is 9.01. The van der Waals surface area contributed by atoms with Gasteiger partial charge in [-0.15, -0.1) is 0 Å². The summed E-state index contributed by atoms with van der Waals surface area (Å²) < 4.78 is 7.26. The average molecular weight is 212 g/mol. The lowest BCUT2D eigenvalue weighted by Gasteiger charge is -2.03. The summed E-state index contributed by atoms with van der Waals surface area (Å²) in [7, 11) is 0. The van der Waals surface area contributed by atoms with Gasteiger partial charge in [0, 0.05) is 24.2 Å². The van der Waals surface area contributed by atoms with Gasteiger partial charge in [0.1, 0.15) is 11.8 Å². The molecule has 3 heteroatoms. The molecule has 0 radical (unpaired) electrons. The number of nitriles is 1. The second-order valence-corrected chi connectivity index (χ2v) is 3.40. The number of aromatic nitrogens is 1. The minimum atomic E-state index is 0.696. The van der Waals surface area contributed by atoms with Gasteiger partial charge in [0.05, 0.1) is 17.3 Å². The predicted molar refractivity (Wildman–Crippen MR) is 63.2 cm³/mol. The third-order valence-corrected chi connectivity index (χ3v) is 2.53. The molecule has 0 unspecified atom stereocenters. The van der Waals surface area contributed by atoms with E-state index in [0.717, 1.165) is 23.2 Å². The van der Waals surface area contributed by atoms with Gasteiger partial charge in [0.15, 0.2) is 0 Å². The first-order valence-electron chi connectivity index (χ1n) is 5.10. The van der Waals surface area contributed by atoms with E-state index >= 15 is 0 Å². The second kappa shape index (κ2) is 4.11. The lowest BCUT2D eigenvalue weighted by molar-refractivity contribution is 0.484. The number of nitrogens with zero attached hydrogens (tertiary/aromatic N) is 2. The van der Waals surface area contributed by atoms with Gasteiger partial charge in [-0.2, -0.15) is 5.26 Å². The van der Waals surface area contributed by atoms with E-state index in [-0.39, 0.29) is 0 Å². The van der Waals surface area contributed by atoms with Crippen LogP contribution in [0.3, 0.4) is 0 Å². The quantitative estimate of drug-likeness (QED) is 0.733. The van der Waals surface area contributed by atoms with Crippen LogP contribution in [-0.4, -0.2) is 4.57 Å². The van der Waals surface area contributed by atoms with Crippen LogP contribution >= 0.6 is 0 Å². The standard InChI is InChI=1S/C13H12N2O/c1-3-15-9-10(8-14)12-6-5-11(16-4-2)7-13(12)15/h4-7,9H,2-3H2,1H3. The van der Waals surface area contributed by atoms with Crippen molar-refractivity contribution in [2.24, 2.45) is 0 Å². The van der Waals surface area contributed by atoms with Crippen LogP contribution in [0.5, 0.6) is 5.75 Å². The topological polar surface area (TPSA) is 37.9 Å². The lowest BCUT2D eigenvalue weighted by atomic mass is 10.2. The van der Waals surface area contributed by atoms with Crippen LogP contribution in [0.25, 0.3) is 10.9 Å². The number of fused-ring (bicyclic) bond motifs is 1. The lowest BCUT2D eigenvalue weighted by Crippen LogP contribution is -1.90. The molecule has 0 spiro atoms. The summed E-state index contributed by atoms with van der Waals surface area (Å²) in [5.74, 6) is 0.736. The Morgan fingerprint density at radius 3 is 3.00 bits per heavy atom. The van der Waals surface area contributed by atoms with Crippen molar-refractivity contribution in [1.82, 2.24) is 4.57 Å². The van der Waals surface area contributed by atoms with Crippen molar-refractivity contribution >= 4 is 10.9 Å². The van der Waals surface area contributed by atoms with Crippen molar-refractivity contribution in [3.05, 3.63) is 42.8 Å². The highest BCUT2D eigenvalue weighted by Gasteiger charge is 2.07. The van der Waals surface area contributed by atoms with Crippen molar-refractivity contribution in [3.8, 4) is 11.8 Å². The van der Waals surface area contributed by atoms with E-state index in [9.17, 15) is 0 Å². The molecule has 1 aromatic heterocycles. The highest BCUT2D eigenvalue weighted by Crippen LogP contribution is 2.25. The molecule has 0 N–H and O–H groups in total. The normalized spacial score (nSPS) is 10.0. The molecule has 0 saturated carbocycles. The number of benzene rings is 1. The van der Waals surface area contributed by atoms with Crippen LogP contribution < -0.4 is 4.74 Å². The first-order valence-corrected chi connectivity index (χ1v) is 5.10. The number of hydrogen-bond acceptors (Lipinski definition) is 2. The second-order valence-electron chi connectivity index (χ2n) is 3.40. The van der Waals surface area contributed by atoms with Crippen molar-refractivity contribution in [2.45, 2.75) is 13.5 Å². The molecular formula is C13H12N2O. The molecule has 80 valence electrons. The Labute approximate surface area is 94.2 Å². The molecule has 2 rings (SSSR count). The molecule has 1 aromatic carbocycles. The average Bonchev–Trinajstić information content (AvgIpc) is 2.67. The van der Waals surface area contributed by atoms with E-state index in [0.29, 0.717) is 5.56 Å². The molecular weight excluding hydrogens is 200 g/mol. The van der Waals surface area contributed by atoms with E-state index in [4.69, 9.17) is 10.00 Å². The Morgan fingerprint density at radius 2 is 2.38 bits per heavy atom. The van der Waals surface area contributed by atoms with Gasteiger partial charge in [-0.25, -0.2) is 0 Å². The first kappa shape index (κ1) is 10.3. The molecule has 0 aliphatic carbocycles. The molecule has 1 heterocycles. The fourth-order valence-electron chi connectivity index (χ4n) is 1.79. The van der Waals surface area contributed by atoms with Gasteiger partial charge >= 0.3 is 0 Å². The molecule has 16 heavy (non-hydrogen) atoms. The molecule has 0 atom stereocenters. The fourth-order valence-corrected chi connectivity index (χ4v) is 1.79. The Kier molecular flexibility index (Phi) is 2.65. The number of rotatable bonds is 3. The van der Waals surface area contributed by atoms with Crippen LogP contribution in [0.15, 0.2) is 37.2 Å². The molecule has 2 aromatic rings. The number of aryl methyl sites for hydroxylation is 1. The summed E-state index contributed by atoms with van der Waals surface area (Å²) in [5.41, 5.74) is 1.71. The zero-order valence-electron chi connectivity index (χ0n) is 9.10. The van der Waals surface area contributed by atoms with Gasteiger partial charge < -0.3 is 9.30 Å². The van der Waals surface area contributed by atoms with Crippen molar-refractivity contribution < 1.29 is 4.74 Å². The number of hydrogen-bond donors (Lipinski definition) is 0. The van der Waals surface area contributed by atoms with E-state index in [2.05, 4.69) is 12.6 Å². The SMILES string of the molecule is C=COc1ccc2c(C#N)cn(CC)c2c1. The maximum absolute atomic E-state index is 9.01. The fraction of sp³-hybridized carbons (Fsp3) is 0.154. The minimum Gasteiger partial charge on any atom is -0.466 e. The van der Waals surface area contributed by atoms with E-state index < -0.39 is 0 Å². The largest absolute Gasteiger partial charge is 0.466 e. The van der Waals surface area contributed by atoms with Crippen molar-refractivity contribution in [3.63, 3.8) is 0 Å². The third kappa shape index (κ3) is 1.55. The first-order chi connectivity index (χ1) is 7.80. The van der Waals surface area contributed by atoms with E-state index in [1.807, 2.05) is 35.9 Å². The van der Waals surface area contributed by atoms with Gasteiger partial charge in [-0.1, -0.05) is 6.58 Å². The molecule has 0 bridgehead atoms. The zero-order valence-corrected chi connectivity index (χ0v) is 9.10. The number of ether oxygens (including phenoxy) is 1. The van der Waals surface area contributed by atoms with Crippen molar-refractivity contribution in [2.75, 3.05) is 0 Å². The Balaban J connectivity index is 2.67. The summed E-state index contributed by atoms with van der Waals surface area (Å²) in [4.78, 5) is 0. The molecule has 0 fully saturated rings. The molecule has 0 saturated heterocycles. The van der Waals surface area contributed by atoms with Gasteiger partial charge in [0.2, 0.25) is 0 Å². The molecule has 0 aliphatic rings. The van der Waals surface area contributed by atoms with Crippen LogP contribution in [-0.2, 0) is 6.54 Å². The van der Waals surface area contributed by atoms with Gasteiger partial charge in [-0.3, -0.25) is 0 Å². The van der Waals surface area contributed by atoms with E-state index in [1.54, 1.807) is 0 Å². The van der Waals surface area contributed by atoms with Crippen molar-refractivity contribution in [1.29, 1.82) is 5.26 Å². The summed E-state index contributed by atoms with van der Waals surface area (Å²) >= 11 is 0. The van der Waals surface area contributed by atoms with Gasteiger partial charge in [0.25, 0.3) is 0 Å². The summed E-state index contributed by atoms with van der Waals surface area (Å²) in [5, 5.41) is 9.97. The Hall–Kier alpha value is -2.21. The summed E-state index contributed by atoms with van der Waals surface area (Å²) in [6.07, 6.45) is 3.26. The zero-order chi connectivity index (χ0) is 11.5. The monoisotopic (exact) mass is 212 g/mol. The highest BCUT2D eigenvalue weighted by atomic mass is 16.5. The van der Waals surface area contributed by atoms with Gasteiger partial charge in [-0.05, 0) is 19.1 Å². The molecule has 0 amide bonds. The highest BCUT2D eigenvalue weighted by molar-refractivity contribution is 5.87. The Morgan fingerprint density at radius 1 is 1.56 bits per heavy atom. The van der Waals surface area contributed by atoms with E-state index in [1.165, 1.54) is 6.26 Å². The minimum absolute atomic E-state index is 0.696. The third-order valence-electron chi connectivity index (χ3n) is 2.53. The van der Waals surface area contributed by atoms with Crippen LogP contribution in [0.2, 0.25) is 0 Å². The predicted octanol–water partition coefficient (Wildman–Crippen LogP) is 3.06. The molecule has 0 aliphatic heterocycles. The van der Waals surface area contributed by atoms with Crippen LogP contribution in [0, 0.1) is 11.3 Å². The summed E-state index contributed by atoms with van der Waals surface area (Å²) in [6.45, 7) is 6.39. The smallest absolute Gasteiger partial charge is 0.128 e.